The Morgan fingerprint density at radius 1 is 0.938 bits per heavy atom. The summed E-state index contributed by atoms with van der Waals surface area (Å²) >= 11 is 18.3. The Balaban J connectivity index is 1.53. The van der Waals surface area contributed by atoms with Crippen LogP contribution in [-0.4, -0.2) is 16.2 Å². The second kappa shape index (κ2) is 9.95. The van der Waals surface area contributed by atoms with Crippen LogP contribution in [0.25, 0.3) is 22.3 Å². The Kier molecular flexibility index (Phi) is 7.04. The summed E-state index contributed by atoms with van der Waals surface area (Å²) in [7, 11) is 0. The molecule has 0 aliphatic carbocycles. The van der Waals surface area contributed by atoms with Crippen molar-refractivity contribution in [2.24, 2.45) is 0 Å². The van der Waals surface area contributed by atoms with E-state index in [-0.39, 0.29) is 5.56 Å². The lowest BCUT2D eigenvalue weighted by atomic mass is 10.1. The zero-order valence-corrected chi connectivity index (χ0v) is 19.7. The first kappa shape index (κ1) is 22.7. The summed E-state index contributed by atoms with van der Waals surface area (Å²) in [5, 5.41) is 2.31. The van der Waals surface area contributed by atoms with Crippen LogP contribution in [-0.2, 0) is 6.54 Å². The molecular weight excluding hydrogens is 467 g/mol. The maximum atomic E-state index is 13.2. The van der Waals surface area contributed by atoms with Crippen molar-refractivity contribution in [2.75, 3.05) is 6.61 Å². The van der Waals surface area contributed by atoms with Gasteiger partial charge in [-0.3, -0.25) is 9.36 Å². The molecule has 0 radical (unpaired) electrons. The molecule has 4 nitrogen and oxygen atoms in total. The van der Waals surface area contributed by atoms with Gasteiger partial charge >= 0.3 is 0 Å². The molecule has 0 spiro atoms. The van der Waals surface area contributed by atoms with Gasteiger partial charge in [-0.2, -0.15) is 0 Å². The quantitative estimate of drug-likeness (QED) is 0.259. The predicted molar refractivity (Wildman–Crippen MR) is 132 cm³/mol. The molecule has 1 aromatic heterocycles. The van der Waals surface area contributed by atoms with Crippen molar-refractivity contribution in [2.45, 2.75) is 26.3 Å². The minimum atomic E-state index is -0.0574. The summed E-state index contributed by atoms with van der Waals surface area (Å²) in [6.45, 7) is 2.91. The minimum absolute atomic E-state index is 0.0574. The monoisotopic (exact) mass is 486 g/mol. The van der Waals surface area contributed by atoms with E-state index in [1.54, 1.807) is 28.8 Å². The van der Waals surface area contributed by atoms with E-state index >= 15 is 0 Å². The van der Waals surface area contributed by atoms with Gasteiger partial charge < -0.3 is 4.74 Å². The third-order valence-corrected chi connectivity index (χ3v) is 5.93. The summed E-state index contributed by atoms with van der Waals surface area (Å²) in [6, 6.07) is 18.2. The molecular formula is C25H21Cl3N2O2. The van der Waals surface area contributed by atoms with Crippen LogP contribution in [0.15, 0.2) is 65.5 Å². The van der Waals surface area contributed by atoms with Gasteiger partial charge in [0, 0.05) is 22.2 Å². The summed E-state index contributed by atoms with van der Waals surface area (Å²) < 4.78 is 7.61. The number of rotatable bonds is 7. The highest BCUT2D eigenvalue weighted by molar-refractivity contribution is 6.35. The van der Waals surface area contributed by atoms with E-state index in [2.05, 4.69) is 0 Å². The lowest BCUT2D eigenvalue weighted by Gasteiger charge is -2.15. The first-order valence-corrected chi connectivity index (χ1v) is 11.4. The smallest absolute Gasteiger partial charge is 0.261 e. The number of aromatic nitrogens is 2. The normalized spacial score (nSPS) is 11.1. The van der Waals surface area contributed by atoms with E-state index in [9.17, 15) is 4.79 Å². The first-order valence-electron chi connectivity index (χ1n) is 10.3. The molecule has 1 heterocycles. The lowest BCUT2D eigenvalue weighted by Crippen LogP contribution is -2.24. The Morgan fingerprint density at radius 2 is 1.69 bits per heavy atom. The number of para-hydroxylation sites is 1. The maximum absolute atomic E-state index is 13.2. The van der Waals surface area contributed by atoms with Gasteiger partial charge in [-0.1, -0.05) is 46.9 Å². The molecule has 0 amide bonds. The van der Waals surface area contributed by atoms with Gasteiger partial charge in [-0.25, -0.2) is 4.98 Å². The number of halogens is 3. The Hall–Kier alpha value is -2.53. The van der Waals surface area contributed by atoms with Gasteiger partial charge in [0.25, 0.3) is 5.56 Å². The highest BCUT2D eigenvalue weighted by Crippen LogP contribution is 2.32. The van der Waals surface area contributed by atoms with Crippen LogP contribution in [0.1, 0.15) is 18.4 Å². The van der Waals surface area contributed by atoms with Crippen molar-refractivity contribution >= 4 is 45.7 Å². The molecule has 4 rings (SSSR count). The molecule has 0 N–H and O–H groups in total. The second-order valence-electron chi connectivity index (χ2n) is 7.51. The van der Waals surface area contributed by atoms with Crippen LogP contribution in [0.5, 0.6) is 5.75 Å². The highest BCUT2D eigenvalue weighted by Gasteiger charge is 2.13. The van der Waals surface area contributed by atoms with Crippen molar-refractivity contribution in [3.8, 4) is 17.1 Å². The number of fused-ring (bicyclic) bond motifs is 1. The maximum Gasteiger partial charge on any atom is 0.261 e. The van der Waals surface area contributed by atoms with Gasteiger partial charge in [-0.15, -0.1) is 0 Å². The second-order valence-corrected chi connectivity index (χ2v) is 8.79. The predicted octanol–water partition coefficient (Wildman–Crippen LogP) is 7.19. The first-order chi connectivity index (χ1) is 15.4. The van der Waals surface area contributed by atoms with Crippen molar-refractivity contribution in [1.82, 2.24) is 9.55 Å². The molecule has 0 atom stereocenters. The van der Waals surface area contributed by atoms with Crippen LogP contribution < -0.4 is 10.3 Å². The van der Waals surface area contributed by atoms with Crippen LogP contribution in [0, 0.1) is 6.92 Å². The molecule has 0 fully saturated rings. The van der Waals surface area contributed by atoms with Gasteiger partial charge in [0.2, 0.25) is 0 Å². The third-order valence-electron chi connectivity index (χ3n) is 5.18. The number of benzene rings is 3. The molecule has 0 saturated heterocycles. The average molecular weight is 488 g/mol. The van der Waals surface area contributed by atoms with Gasteiger partial charge in [-0.05, 0) is 73.9 Å². The van der Waals surface area contributed by atoms with Gasteiger partial charge in [0.15, 0.2) is 0 Å². The largest absolute Gasteiger partial charge is 0.492 e. The zero-order valence-electron chi connectivity index (χ0n) is 17.4. The molecule has 32 heavy (non-hydrogen) atoms. The number of hydrogen-bond acceptors (Lipinski definition) is 3. The van der Waals surface area contributed by atoms with Crippen molar-refractivity contribution in [3.63, 3.8) is 0 Å². The minimum Gasteiger partial charge on any atom is -0.492 e. The Labute approximate surface area is 201 Å². The van der Waals surface area contributed by atoms with E-state index in [1.165, 1.54) is 0 Å². The van der Waals surface area contributed by atoms with E-state index in [1.807, 2.05) is 43.3 Å². The Morgan fingerprint density at radius 3 is 2.44 bits per heavy atom. The molecule has 4 aromatic rings. The standard InChI is InChI=1S/C25H21Cl3N2O2/c1-16-14-19(27)15-21(28)23(16)32-13-5-4-12-30-24(17-8-10-18(26)11-9-17)29-22-7-3-2-6-20(22)25(30)31/h2-3,6-11,14-15H,4-5,12-13H2,1H3. The lowest BCUT2D eigenvalue weighted by molar-refractivity contribution is 0.301. The van der Waals surface area contributed by atoms with Crippen LogP contribution >= 0.6 is 34.8 Å². The number of ether oxygens (including phenoxy) is 1. The summed E-state index contributed by atoms with van der Waals surface area (Å²) in [4.78, 5) is 18.0. The molecule has 0 aliphatic rings. The van der Waals surface area contributed by atoms with E-state index in [4.69, 9.17) is 44.5 Å². The average Bonchev–Trinajstić information content (AvgIpc) is 2.77. The van der Waals surface area contributed by atoms with Crippen LogP contribution in [0.3, 0.4) is 0 Å². The summed E-state index contributed by atoms with van der Waals surface area (Å²) in [5.74, 6) is 1.27. The summed E-state index contributed by atoms with van der Waals surface area (Å²) in [6.07, 6.45) is 1.49. The third kappa shape index (κ3) is 4.93. The van der Waals surface area contributed by atoms with Crippen molar-refractivity contribution in [1.29, 1.82) is 0 Å². The Bertz CT molecular complexity index is 1290. The number of unbranched alkanes of at least 4 members (excludes halogenated alkanes) is 1. The molecule has 0 saturated carbocycles. The topological polar surface area (TPSA) is 44.1 Å². The molecule has 0 unspecified atom stereocenters. The fourth-order valence-electron chi connectivity index (χ4n) is 3.61. The molecule has 7 heteroatoms. The van der Waals surface area contributed by atoms with Crippen LogP contribution in [0.2, 0.25) is 15.1 Å². The molecule has 0 aliphatic heterocycles. The molecule has 164 valence electrons. The van der Waals surface area contributed by atoms with E-state index in [0.717, 1.165) is 24.0 Å². The summed E-state index contributed by atoms with van der Waals surface area (Å²) in [5.41, 5.74) is 2.35. The SMILES string of the molecule is Cc1cc(Cl)cc(Cl)c1OCCCCn1c(-c2ccc(Cl)cc2)nc2ccccc2c1=O. The van der Waals surface area contributed by atoms with Crippen LogP contribution in [0.4, 0.5) is 0 Å². The fraction of sp³-hybridized carbons (Fsp3) is 0.200. The van der Waals surface area contributed by atoms with E-state index < -0.39 is 0 Å². The fourth-order valence-corrected chi connectivity index (χ4v) is 4.39. The number of nitrogens with zero attached hydrogens (tertiary/aromatic N) is 2. The van der Waals surface area contributed by atoms with Gasteiger partial charge in [0.1, 0.15) is 11.6 Å². The van der Waals surface area contributed by atoms with Crippen molar-refractivity contribution in [3.05, 3.63) is 91.6 Å². The molecule has 3 aromatic carbocycles. The van der Waals surface area contributed by atoms with Gasteiger partial charge in [0.05, 0.1) is 22.5 Å². The number of aryl methyl sites for hydroxylation is 1. The van der Waals surface area contributed by atoms with E-state index in [0.29, 0.717) is 50.7 Å². The zero-order chi connectivity index (χ0) is 22.7. The molecule has 0 bridgehead atoms. The highest BCUT2D eigenvalue weighted by atomic mass is 35.5. The number of hydrogen-bond donors (Lipinski definition) is 0. The van der Waals surface area contributed by atoms with Crippen molar-refractivity contribution < 1.29 is 4.74 Å².